The van der Waals surface area contributed by atoms with Crippen LogP contribution in [0.2, 0.25) is 0 Å². The number of rotatable bonds is 8. The number of halogens is 2. The lowest BCUT2D eigenvalue weighted by atomic mass is 10.1. The zero-order chi connectivity index (χ0) is 25.3. The number of carbonyl (C=O) groups excluding carboxylic acids is 2. The molecule has 0 bridgehead atoms. The summed E-state index contributed by atoms with van der Waals surface area (Å²) in [6.07, 6.45) is 2.71. The number of ether oxygens (including phenoxy) is 2. The summed E-state index contributed by atoms with van der Waals surface area (Å²) < 4.78 is 46.2. The van der Waals surface area contributed by atoms with E-state index in [-0.39, 0.29) is 28.4 Å². The quantitative estimate of drug-likeness (QED) is 0.286. The van der Waals surface area contributed by atoms with Gasteiger partial charge >= 0.3 is 0 Å². The molecule has 3 heterocycles. The third-order valence-corrected chi connectivity index (χ3v) is 4.92. The smallest absolute Gasteiger partial charge is 0.247 e. The number of methoxy groups -OCH3 is 2. The van der Waals surface area contributed by atoms with E-state index in [2.05, 4.69) is 27.3 Å². The third-order valence-electron chi connectivity index (χ3n) is 4.92. The fourth-order valence-corrected chi connectivity index (χ4v) is 3.29. The second-order valence-corrected chi connectivity index (χ2v) is 7.19. The predicted octanol–water partition coefficient (Wildman–Crippen LogP) is 3.96. The number of carbonyl (C=O) groups is 2. The highest BCUT2D eigenvalue weighted by Gasteiger charge is 2.28. The number of hydrogen-bond donors (Lipinski definition) is 2. The van der Waals surface area contributed by atoms with E-state index in [4.69, 9.17) is 13.9 Å². The maximum absolute atomic E-state index is 14.8. The molecule has 10 nitrogen and oxygen atoms in total. The fraction of sp³-hybridized carbons (Fsp3) is 0.130. The molecular formula is C23H19F2N5O5. The Bertz CT molecular complexity index is 1450. The number of nitrogens with one attached hydrogen (secondary N) is 2. The van der Waals surface area contributed by atoms with Gasteiger partial charge < -0.3 is 24.5 Å². The molecule has 4 rings (SSSR count). The molecule has 0 spiro atoms. The topological polar surface area (TPSA) is 121 Å². The van der Waals surface area contributed by atoms with Crippen LogP contribution in [-0.2, 0) is 11.8 Å². The lowest BCUT2D eigenvalue weighted by Crippen LogP contribution is -2.09. The first-order valence-electron chi connectivity index (χ1n) is 10.0. The van der Waals surface area contributed by atoms with Gasteiger partial charge in [0.1, 0.15) is 22.6 Å². The van der Waals surface area contributed by atoms with Crippen LogP contribution in [0.1, 0.15) is 16.1 Å². The average molecular weight is 483 g/mol. The summed E-state index contributed by atoms with van der Waals surface area (Å²) in [4.78, 5) is 29.0. The summed E-state index contributed by atoms with van der Waals surface area (Å²) in [5.74, 6) is -4.28. The van der Waals surface area contributed by atoms with Gasteiger partial charge in [-0.1, -0.05) is 6.58 Å². The molecule has 0 radical (unpaired) electrons. The van der Waals surface area contributed by atoms with Gasteiger partial charge in [-0.2, -0.15) is 5.10 Å². The van der Waals surface area contributed by atoms with E-state index in [9.17, 15) is 18.4 Å². The van der Waals surface area contributed by atoms with Crippen molar-refractivity contribution < 1.29 is 32.3 Å². The highest BCUT2D eigenvalue weighted by molar-refractivity contribution is 6.09. The minimum absolute atomic E-state index is 0.204. The number of amides is 1. The van der Waals surface area contributed by atoms with Crippen molar-refractivity contribution in [3.63, 3.8) is 0 Å². The largest absolute Gasteiger partial charge is 0.494 e. The van der Waals surface area contributed by atoms with Crippen LogP contribution >= 0.6 is 0 Å². The Balaban J connectivity index is 1.68. The summed E-state index contributed by atoms with van der Waals surface area (Å²) in [5.41, 5.74) is -0.0487. The molecule has 180 valence electrons. The maximum atomic E-state index is 14.8. The van der Waals surface area contributed by atoms with Crippen LogP contribution in [-0.4, -0.2) is 40.7 Å². The van der Waals surface area contributed by atoms with Crippen molar-refractivity contribution in [1.82, 2.24) is 14.8 Å². The Morgan fingerprint density at radius 2 is 1.83 bits per heavy atom. The van der Waals surface area contributed by atoms with Gasteiger partial charge in [0.15, 0.2) is 40.3 Å². The number of aryl methyl sites for hydroxylation is 1. The molecule has 1 amide bonds. The van der Waals surface area contributed by atoms with Gasteiger partial charge in [-0.25, -0.2) is 13.8 Å². The van der Waals surface area contributed by atoms with E-state index in [0.717, 1.165) is 12.1 Å². The number of hydrogen-bond acceptors (Lipinski definition) is 8. The maximum Gasteiger partial charge on any atom is 0.247 e. The number of fused-ring (bicyclic) bond motifs is 1. The van der Waals surface area contributed by atoms with Crippen molar-refractivity contribution in [3.05, 3.63) is 66.1 Å². The fourth-order valence-electron chi connectivity index (χ4n) is 3.29. The molecule has 1 aromatic carbocycles. The van der Waals surface area contributed by atoms with Crippen molar-refractivity contribution in [1.29, 1.82) is 0 Å². The average Bonchev–Trinajstić information content (AvgIpc) is 3.41. The summed E-state index contributed by atoms with van der Waals surface area (Å²) in [5, 5.41) is 9.81. The van der Waals surface area contributed by atoms with Crippen LogP contribution < -0.4 is 20.1 Å². The highest BCUT2D eigenvalue weighted by Crippen LogP contribution is 2.34. The van der Waals surface area contributed by atoms with Crippen LogP contribution in [0.4, 0.5) is 26.1 Å². The molecule has 35 heavy (non-hydrogen) atoms. The van der Waals surface area contributed by atoms with Crippen molar-refractivity contribution in [3.8, 4) is 11.5 Å². The van der Waals surface area contributed by atoms with E-state index < -0.39 is 28.9 Å². The summed E-state index contributed by atoms with van der Waals surface area (Å²) in [7, 11) is 4.03. The van der Waals surface area contributed by atoms with Gasteiger partial charge in [-0.05, 0) is 18.2 Å². The standard InChI is InChI=1S/C23H19F2N5O5/c1-5-18(31)27-12-10-30(2)29-23(12)28-17-7-6-13-11(26-17)8-16(35-13)22(32)19-20(24)14(33-3)9-15(34-4)21(19)25/h5-10H,1H2,2-4H3,(H,27,31)(H,26,28,29). The summed E-state index contributed by atoms with van der Waals surface area (Å²) >= 11 is 0. The zero-order valence-corrected chi connectivity index (χ0v) is 18.8. The lowest BCUT2D eigenvalue weighted by molar-refractivity contribution is -0.111. The molecule has 0 saturated heterocycles. The van der Waals surface area contributed by atoms with E-state index in [1.165, 1.54) is 31.0 Å². The number of nitrogens with zero attached hydrogens (tertiary/aromatic N) is 3. The van der Waals surface area contributed by atoms with Gasteiger partial charge in [-0.15, -0.1) is 0 Å². The molecule has 0 fully saturated rings. The SMILES string of the molecule is C=CC(=O)Nc1cn(C)nc1Nc1ccc2oc(C(=O)c3c(F)c(OC)cc(OC)c3F)cc2n1. The molecule has 0 aliphatic heterocycles. The highest BCUT2D eigenvalue weighted by atomic mass is 19.1. The van der Waals surface area contributed by atoms with Crippen LogP contribution in [0.25, 0.3) is 11.1 Å². The first kappa shape index (κ1) is 23.4. The Hall–Kier alpha value is -4.74. The van der Waals surface area contributed by atoms with Crippen molar-refractivity contribution >= 4 is 40.1 Å². The molecule has 4 aromatic rings. The predicted molar refractivity (Wildman–Crippen MR) is 122 cm³/mol. The van der Waals surface area contributed by atoms with Gasteiger partial charge in [0.25, 0.3) is 0 Å². The molecular weight excluding hydrogens is 464 g/mol. The lowest BCUT2D eigenvalue weighted by Gasteiger charge is -2.10. The van der Waals surface area contributed by atoms with Crippen molar-refractivity contribution in [2.45, 2.75) is 0 Å². The van der Waals surface area contributed by atoms with Gasteiger partial charge in [0.2, 0.25) is 11.7 Å². The van der Waals surface area contributed by atoms with E-state index >= 15 is 0 Å². The number of ketones is 1. The zero-order valence-electron chi connectivity index (χ0n) is 18.8. The number of anilines is 3. The molecule has 0 unspecified atom stereocenters. The first-order chi connectivity index (χ1) is 16.7. The van der Waals surface area contributed by atoms with Crippen LogP contribution in [0.3, 0.4) is 0 Å². The molecule has 0 aliphatic rings. The third kappa shape index (κ3) is 4.40. The number of benzene rings is 1. The van der Waals surface area contributed by atoms with Crippen LogP contribution in [0, 0.1) is 11.6 Å². The van der Waals surface area contributed by atoms with Crippen molar-refractivity contribution in [2.75, 3.05) is 24.9 Å². The van der Waals surface area contributed by atoms with E-state index in [1.54, 1.807) is 19.3 Å². The Morgan fingerprint density at radius 1 is 1.14 bits per heavy atom. The molecule has 0 saturated carbocycles. The van der Waals surface area contributed by atoms with Gasteiger partial charge in [-0.3, -0.25) is 14.3 Å². The second kappa shape index (κ2) is 9.25. The number of furan rings is 1. The molecule has 0 aliphatic carbocycles. The Morgan fingerprint density at radius 3 is 2.46 bits per heavy atom. The minimum atomic E-state index is -1.18. The Labute approximate surface area is 197 Å². The molecule has 2 N–H and O–H groups in total. The van der Waals surface area contributed by atoms with Gasteiger partial charge in [0, 0.05) is 19.2 Å². The van der Waals surface area contributed by atoms with Crippen LogP contribution in [0.15, 0.2) is 47.5 Å². The monoisotopic (exact) mass is 483 g/mol. The van der Waals surface area contributed by atoms with E-state index in [1.807, 2.05) is 0 Å². The Kier molecular flexibility index (Phi) is 6.19. The molecule has 0 atom stereocenters. The number of pyridine rings is 1. The summed E-state index contributed by atoms with van der Waals surface area (Å²) in [6, 6.07) is 5.32. The first-order valence-corrected chi connectivity index (χ1v) is 10.0. The van der Waals surface area contributed by atoms with E-state index in [0.29, 0.717) is 17.3 Å². The molecule has 3 aromatic heterocycles. The minimum Gasteiger partial charge on any atom is -0.494 e. The summed E-state index contributed by atoms with van der Waals surface area (Å²) in [6.45, 7) is 3.41. The van der Waals surface area contributed by atoms with Gasteiger partial charge in [0.05, 0.1) is 20.4 Å². The van der Waals surface area contributed by atoms with Crippen molar-refractivity contribution in [2.24, 2.45) is 7.05 Å². The molecule has 12 heteroatoms. The van der Waals surface area contributed by atoms with Crippen LogP contribution in [0.5, 0.6) is 11.5 Å². The second-order valence-electron chi connectivity index (χ2n) is 7.19. The normalized spacial score (nSPS) is 10.8. The number of aromatic nitrogens is 3.